The van der Waals surface area contributed by atoms with Crippen molar-refractivity contribution in [1.82, 2.24) is 15.6 Å². The van der Waals surface area contributed by atoms with Gasteiger partial charge in [0.05, 0.1) is 36.4 Å². The summed E-state index contributed by atoms with van der Waals surface area (Å²) in [6.45, 7) is 4.52. The molecule has 0 saturated heterocycles. The summed E-state index contributed by atoms with van der Waals surface area (Å²) in [5.41, 5.74) is -0.782. The predicted molar refractivity (Wildman–Crippen MR) is 192 cm³/mol. The smallest absolute Gasteiger partial charge is 0.306 e. The molecule has 264 valence electrons. The van der Waals surface area contributed by atoms with E-state index in [4.69, 9.17) is 14.2 Å². The number of amides is 2. The van der Waals surface area contributed by atoms with Gasteiger partial charge in [0, 0.05) is 44.2 Å². The molecule has 12 nitrogen and oxygen atoms in total. The van der Waals surface area contributed by atoms with E-state index in [1.54, 1.807) is 6.92 Å². The van der Waals surface area contributed by atoms with Crippen LogP contribution >= 0.6 is 45.7 Å². The Morgan fingerprint density at radius 3 is 2.27 bits per heavy atom. The number of aromatic nitrogens is 1. The molecule has 0 radical (unpaired) electrons. The molecule has 1 aromatic heterocycles. The summed E-state index contributed by atoms with van der Waals surface area (Å²) < 4.78 is 16.3. The molecule has 0 unspecified atom stereocenters. The first-order chi connectivity index (χ1) is 22.8. The van der Waals surface area contributed by atoms with Gasteiger partial charge >= 0.3 is 5.97 Å². The van der Waals surface area contributed by atoms with Crippen LogP contribution in [0.2, 0.25) is 0 Å². The van der Waals surface area contributed by atoms with Crippen LogP contribution in [0.4, 0.5) is 0 Å². The molecule has 48 heavy (non-hydrogen) atoms. The maximum Gasteiger partial charge on any atom is 0.306 e. The zero-order valence-electron chi connectivity index (χ0n) is 27.9. The fourth-order valence-corrected chi connectivity index (χ4v) is 6.49. The first-order valence-electron chi connectivity index (χ1n) is 15.4. The number of hydrogen-bond donors (Lipinski definition) is 2. The Morgan fingerprint density at radius 1 is 1.00 bits per heavy atom. The van der Waals surface area contributed by atoms with Gasteiger partial charge in [-0.15, -0.1) is 11.3 Å². The number of carbonyl (C=O) groups is 6. The number of benzene rings is 1. The number of rotatable bonds is 22. The number of aryl methyl sites for hydroxylation is 1. The third-order valence-corrected chi connectivity index (χ3v) is 10.4. The van der Waals surface area contributed by atoms with Crippen molar-refractivity contribution in [3.63, 3.8) is 0 Å². The molecule has 0 spiro atoms. The average Bonchev–Trinajstić information content (AvgIpc) is 3.49. The van der Waals surface area contributed by atoms with E-state index in [0.29, 0.717) is 28.5 Å². The number of nitrogens with one attached hydrogen (secondary N) is 2. The van der Waals surface area contributed by atoms with Gasteiger partial charge in [-0.25, -0.2) is 4.98 Å². The first-order valence-corrected chi connectivity index (χ1v) is 18.7. The summed E-state index contributed by atoms with van der Waals surface area (Å²) in [5, 5.41) is 6.17. The molecule has 0 aliphatic heterocycles. The Hall–Kier alpha value is -2.73. The predicted octanol–water partition coefficient (Wildman–Crippen LogP) is 3.90. The number of thioether (sulfide) groups is 1. The lowest BCUT2D eigenvalue weighted by Gasteiger charge is -2.31. The van der Waals surface area contributed by atoms with E-state index in [-0.39, 0.29) is 42.0 Å². The Kier molecular flexibility index (Phi) is 18.5. The summed E-state index contributed by atoms with van der Waals surface area (Å²) in [6, 6.07) is 6.95. The molecule has 1 aromatic carbocycles. The molecular formula is C33H44IN3O9S2. The van der Waals surface area contributed by atoms with Gasteiger partial charge in [0.15, 0.2) is 22.3 Å². The van der Waals surface area contributed by atoms with Crippen molar-refractivity contribution in [2.45, 2.75) is 70.6 Å². The second-order valence-corrected chi connectivity index (χ2v) is 14.6. The van der Waals surface area contributed by atoms with E-state index in [1.807, 2.05) is 52.9 Å². The van der Waals surface area contributed by atoms with Crippen molar-refractivity contribution >= 4 is 80.2 Å². The van der Waals surface area contributed by atoms with Crippen LogP contribution in [0.3, 0.4) is 0 Å². The highest BCUT2D eigenvalue weighted by Crippen LogP contribution is 2.22. The molecule has 0 saturated carbocycles. The quantitative estimate of drug-likeness (QED) is 0.0766. The van der Waals surface area contributed by atoms with Gasteiger partial charge in [0.1, 0.15) is 10.9 Å². The highest BCUT2D eigenvalue weighted by molar-refractivity contribution is 14.1. The summed E-state index contributed by atoms with van der Waals surface area (Å²) >= 11 is 4.35. The monoisotopic (exact) mass is 817 g/mol. The molecule has 1 heterocycles. The number of halogens is 1. The van der Waals surface area contributed by atoms with Gasteiger partial charge in [-0.2, -0.15) is 0 Å². The first kappa shape index (κ1) is 41.4. The summed E-state index contributed by atoms with van der Waals surface area (Å²) in [7, 11) is 2.79. The second-order valence-electron chi connectivity index (χ2n) is 11.3. The maximum absolute atomic E-state index is 14.1. The second kappa shape index (κ2) is 21.4. The number of methoxy groups -OCH3 is 2. The topological polar surface area (TPSA) is 167 Å². The molecule has 0 aliphatic rings. The lowest BCUT2D eigenvalue weighted by atomic mass is 9.91. The number of thiazole rings is 1. The van der Waals surface area contributed by atoms with E-state index in [1.165, 1.54) is 57.4 Å². The Bertz CT molecular complexity index is 1390. The van der Waals surface area contributed by atoms with Crippen LogP contribution in [0, 0.1) is 12.8 Å². The SMILES string of the molecule is COC[C@H](CC(=O)[C@H](COC)NC(=O)c1cnc(C)s1)C(=O)N[C@@H](Cc1ccccc1)C(=O)[C@@](C)(CI)OC(=O)CCCCSC(C)=O. The highest BCUT2D eigenvalue weighted by atomic mass is 127. The third-order valence-electron chi connectivity index (χ3n) is 7.17. The summed E-state index contributed by atoms with van der Waals surface area (Å²) in [4.78, 5) is 82.3. The number of esters is 1. The lowest BCUT2D eigenvalue weighted by Crippen LogP contribution is -2.55. The van der Waals surface area contributed by atoms with Crippen molar-refractivity contribution in [3.05, 3.63) is 52.0 Å². The van der Waals surface area contributed by atoms with E-state index < -0.39 is 53.0 Å². The van der Waals surface area contributed by atoms with E-state index in [2.05, 4.69) is 15.6 Å². The van der Waals surface area contributed by atoms with Crippen molar-refractivity contribution < 1.29 is 43.0 Å². The number of nitrogens with zero attached hydrogens (tertiary/aromatic N) is 1. The molecule has 2 amide bonds. The standard InChI is InChI=1S/C33H44IN3O9S2/c1-21-35-17-28(48-21)32(43)37-26(19-45-5)27(39)16-24(18-44-4)31(42)36-25(15-23-11-7-6-8-12-23)30(41)33(3,20-34)46-29(40)13-9-10-14-47-22(2)38/h6-8,11-12,17,24-26H,9-10,13-16,18-20H2,1-5H3,(H,36,42)(H,37,43)/t24-,25-,26-,33+/m0/s1. The van der Waals surface area contributed by atoms with Crippen molar-refractivity contribution in [2.75, 3.05) is 37.6 Å². The lowest BCUT2D eigenvalue weighted by molar-refractivity contribution is -0.164. The number of ether oxygens (including phenoxy) is 3. The van der Waals surface area contributed by atoms with E-state index >= 15 is 0 Å². The number of ketones is 2. The number of unbranched alkanes of at least 4 members (excludes halogenated alkanes) is 1. The zero-order valence-corrected chi connectivity index (χ0v) is 31.7. The number of hydrogen-bond acceptors (Lipinski definition) is 12. The Labute approximate surface area is 303 Å². The number of alkyl halides is 1. The number of carbonyl (C=O) groups excluding carboxylic acids is 6. The largest absolute Gasteiger partial charge is 0.450 e. The summed E-state index contributed by atoms with van der Waals surface area (Å²) in [6.07, 6.45) is 2.44. The number of Topliss-reactive ketones (excluding diaryl/α,β-unsaturated/α-hetero) is 2. The average molecular weight is 818 g/mol. The summed E-state index contributed by atoms with van der Waals surface area (Å²) in [5.74, 6) is -3.01. The fourth-order valence-electron chi connectivity index (χ4n) is 4.64. The van der Waals surface area contributed by atoms with Crippen LogP contribution in [0.25, 0.3) is 0 Å². The third kappa shape index (κ3) is 14.0. The molecule has 0 aliphatic carbocycles. The van der Waals surface area contributed by atoms with Crippen LogP contribution in [0.5, 0.6) is 0 Å². The zero-order chi connectivity index (χ0) is 35.7. The fraction of sp³-hybridized carbons (Fsp3) is 0.545. The molecule has 2 rings (SSSR count). The van der Waals surface area contributed by atoms with Crippen LogP contribution in [-0.2, 0) is 44.6 Å². The minimum atomic E-state index is -1.55. The van der Waals surface area contributed by atoms with Gasteiger partial charge in [-0.05, 0) is 38.7 Å². The molecule has 15 heteroatoms. The van der Waals surface area contributed by atoms with Gasteiger partial charge < -0.3 is 24.8 Å². The van der Waals surface area contributed by atoms with Crippen molar-refractivity contribution in [3.8, 4) is 0 Å². The molecule has 0 bridgehead atoms. The van der Waals surface area contributed by atoms with Crippen LogP contribution < -0.4 is 10.6 Å². The van der Waals surface area contributed by atoms with Crippen LogP contribution in [-0.4, -0.2) is 94.7 Å². The van der Waals surface area contributed by atoms with Crippen molar-refractivity contribution in [1.29, 1.82) is 0 Å². The molecule has 4 atom stereocenters. The van der Waals surface area contributed by atoms with Gasteiger partial charge in [-0.3, -0.25) is 28.8 Å². The Morgan fingerprint density at radius 2 is 1.69 bits per heavy atom. The van der Waals surface area contributed by atoms with Gasteiger partial charge in [0.25, 0.3) is 5.91 Å². The molecule has 0 fully saturated rings. The van der Waals surface area contributed by atoms with E-state index in [9.17, 15) is 28.8 Å². The Balaban J connectivity index is 2.22. The maximum atomic E-state index is 14.1. The minimum absolute atomic E-state index is 0.00723. The van der Waals surface area contributed by atoms with E-state index in [0.717, 1.165) is 5.56 Å². The molecule has 2 N–H and O–H groups in total. The van der Waals surface area contributed by atoms with Crippen LogP contribution in [0.1, 0.15) is 59.8 Å². The minimum Gasteiger partial charge on any atom is -0.450 e. The van der Waals surface area contributed by atoms with Gasteiger partial charge in [-0.1, -0.05) is 64.7 Å². The highest BCUT2D eigenvalue weighted by Gasteiger charge is 2.42. The van der Waals surface area contributed by atoms with Crippen molar-refractivity contribution in [2.24, 2.45) is 5.92 Å². The molecule has 2 aromatic rings. The van der Waals surface area contributed by atoms with Crippen LogP contribution in [0.15, 0.2) is 36.5 Å². The molecular weight excluding hydrogens is 773 g/mol. The van der Waals surface area contributed by atoms with Gasteiger partial charge in [0.2, 0.25) is 5.91 Å². The normalized spacial score (nSPS) is 14.2.